The average molecular weight is 603 g/mol. The van der Waals surface area contributed by atoms with Crippen LogP contribution in [0.15, 0.2) is 0 Å². The first-order valence-electron chi connectivity index (χ1n) is 13.9. The molecular weight excluding hydrogens is 564 g/mol. The zero-order chi connectivity index (χ0) is 30.8. The lowest BCUT2D eigenvalue weighted by Gasteiger charge is -2.54. The van der Waals surface area contributed by atoms with Crippen LogP contribution in [0.4, 0.5) is 0 Å². The van der Waals surface area contributed by atoms with Crippen molar-refractivity contribution in [2.45, 2.75) is 140 Å². The highest BCUT2D eigenvalue weighted by molar-refractivity contribution is 5.83. The highest BCUT2D eigenvalue weighted by atomic mass is 16.9. The molecule has 0 aliphatic carbocycles. The summed E-state index contributed by atoms with van der Waals surface area (Å²) in [5.41, 5.74) is -2.06. The van der Waals surface area contributed by atoms with Crippen molar-refractivity contribution in [3.05, 3.63) is 0 Å². The van der Waals surface area contributed by atoms with Crippen molar-refractivity contribution in [3.8, 4) is 0 Å². The highest BCUT2D eigenvalue weighted by Gasteiger charge is 2.67. The molecule has 42 heavy (non-hydrogen) atoms. The Morgan fingerprint density at radius 3 is 2.17 bits per heavy atom. The molecule has 15 nitrogen and oxygen atoms in total. The number of rotatable bonds is 8. The Balaban J connectivity index is 1.43. The fourth-order valence-corrected chi connectivity index (χ4v) is 6.34. The molecule has 0 aromatic rings. The fraction of sp³-hybridized carbons (Fsp3) is 0.852. The van der Waals surface area contributed by atoms with Gasteiger partial charge in [-0.05, 0) is 27.7 Å². The van der Waals surface area contributed by atoms with Gasteiger partial charge < -0.3 is 52.5 Å². The standard InChI is InChI=1S/C27H38O15/c1-11(28)33-10-16(35-13(3)30)20-18-15(34-12(2)29)9-27(41-20,24(32)37-18)17(31)8-14-19-21(39-25(4,5)38-19)22-23(36-14)42-26(6,7)40-22/h14-23,31H,8-10H2,1-7H3/t14-,15-,16-,17?,18-,19+,20-,21+,22-,23-,27+/m1/s1. The van der Waals surface area contributed by atoms with E-state index in [4.69, 9.17) is 47.4 Å². The Kier molecular flexibility index (Phi) is 8.09. The van der Waals surface area contributed by atoms with Crippen LogP contribution in [0.25, 0.3) is 0 Å². The summed E-state index contributed by atoms with van der Waals surface area (Å²) < 4.78 is 58.1. The lowest BCUT2D eigenvalue weighted by atomic mass is 9.77. The van der Waals surface area contributed by atoms with Crippen molar-refractivity contribution in [2.75, 3.05) is 6.61 Å². The molecule has 0 saturated carbocycles. The lowest BCUT2D eigenvalue weighted by Crippen LogP contribution is -2.73. The van der Waals surface area contributed by atoms with E-state index in [1.807, 2.05) is 0 Å². The molecule has 11 atom stereocenters. The van der Waals surface area contributed by atoms with Crippen LogP contribution >= 0.6 is 0 Å². The summed E-state index contributed by atoms with van der Waals surface area (Å²) in [5.74, 6) is -4.90. The van der Waals surface area contributed by atoms with Crippen LogP contribution in [-0.4, -0.2) is 114 Å². The van der Waals surface area contributed by atoms with Gasteiger partial charge >= 0.3 is 23.9 Å². The number of ether oxygens (including phenoxy) is 10. The predicted molar refractivity (Wildman–Crippen MR) is 133 cm³/mol. The number of fused-ring (bicyclic) bond motifs is 6. The summed E-state index contributed by atoms with van der Waals surface area (Å²) >= 11 is 0. The van der Waals surface area contributed by atoms with Gasteiger partial charge in [-0.15, -0.1) is 0 Å². The number of carbonyl (C=O) groups excluding carboxylic acids is 4. The molecule has 0 radical (unpaired) electrons. The van der Waals surface area contributed by atoms with Gasteiger partial charge in [0.1, 0.15) is 37.1 Å². The molecule has 6 saturated heterocycles. The summed E-state index contributed by atoms with van der Waals surface area (Å²) in [6.07, 6.45) is -10.4. The van der Waals surface area contributed by atoms with E-state index >= 15 is 0 Å². The largest absolute Gasteiger partial charge is 0.462 e. The maximum Gasteiger partial charge on any atom is 0.341 e. The molecule has 2 bridgehead atoms. The van der Waals surface area contributed by atoms with E-state index in [1.165, 1.54) is 13.8 Å². The van der Waals surface area contributed by atoms with Crippen molar-refractivity contribution in [1.29, 1.82) is 0 Å². The third-order valence-corrected chi connectivity index (χ3v) is 7.83. The van der Waals surface area contributed by atoms with Crippen molar-refractivity contribution < 1.29 is 71.7 Å². The number of hydrogen-bond acceptors (Lipinski definition) is 15. The minimum atomic E-state index is -2.06. The van der Waals surface area contributed by atoms with Gasteiger partial charge in [0.15, 0.2) is 35.7 Å². The Labute approximate surface area is 242 Å². The van der Waals surface area contributed by atoms with Gasteiger partial charge in [0.05, 0.1) is 12.2 Å². The summed E-state index contributed by atoms with van der Waals surface area (Å²) in [6, 6.07) is 0. The maximum absolute atomic E-state index is 13.4. The maximum atomic E-state index is 13.4. The molecule has 15 heteroatoms. The second-order valence-electron chi connectivity index (χ2n) is 12.1. The van der Waals surface area contributed by atoms with E-state index in [0.29, 0.717) is 0 Å². The molecule has 6 aliphatic rings. The fourth-order valence-electron chi connectivity index (χ4n) is 6.34. The molecule has 6 heterocycles. The first-order valence-corrected chi connectivity index (χ1v) is 13.9. The molecular formula is C27H38O15. The van der Waals surface area contributed by atoms with Crippen molar-refractivity contribution >= 4 is 23.9 Å². The van der Waals surface area contributed by atoms with Gasteiger partial charge in [-0.2, -0.15) is 0 Å². The monoisotopic (exact) mass is 602 g/mol. The molecule has 0 aromatic heterocycles. The second-order valence-corrected chi connectivity index (χ2v) is 12.1. The van der Waals surface area contributed by atoms with E-state index in [-0.39, 0.29) is 12.8 Å². The van der Waals surface area contributed by atoms with Gasteiger partial charge in [0.2, 0.25) is 0 Å². The Morgan fingerprint density at radius 2 is 1.52 bits per heavy atom. The minimum absolute atomic E-state index is 0.213. The number of esters is 4. The van der Waals surface area contributed by atoms with Crippen molar-refractivity contribution in [3.63, 3.8) is 0 Å². The summed E-state index contributed by atoms with van der Waals surface area (Å²) in [5, 5.41) is 11.7. The van der Waals surface area contributed by atoms with E-state index in [9.17, 15) is 24.3 Å². The van der Waals surface area contributed by atoms with E-state index in [0.717, 1.165) is 6.92 Å². The minimum Gasteiger partial charge on any atom is -0.462 e. The average Bonchev–Trinajstić information content (AvgIpc) is 3.35. The van der Waals surface area contributed by atoms with Gasteiger partial charge in [0, 0.05) is 33.6 Å². The summed E-state index contributed by atoms with van der Waals surface area (Å²) in [4.78, 5) is 48.8. The smallest absolute Gasteiger partial charge is 0.341 e. The topological polar surface area (TPSA) is 181 Å². The molecule has 0 aromatic carbocycles. The third kappa shape index (κ3) is 5.87. The second kappa shape index (κ2) is 10.9. The van der Waals surface area contributed by atoms with Crippen LogP contribution in [0.3, 0.4) is 0 Å². The highest BCUT2D eigenvalue weighted by Crippen LogP contribution is 2.48. The van der Waals surface area contributed by atoms with E-state index < -0.39 is 109 Å². The Morgan fingerprint density at radius 1 is 0.881 bits per heavy atom. The normalized spacial score (nSPS) is 40.7. The molecule has 6 rings (SSSR count). The predicted octanol–water partition coefficient (Wildman–Crippen LogP) is 0.0135. The summed E-state index contributed by atoms with van der Waals surface area (Å²) in [6.45, 7) is 10.0. The van der Waals surface area contributed by atoms with Crippen molar-refractivity contribution in [2.24, 2.45) is 0 Å². The van der Waals surface area contributed by atoms with Crippen LogP contribution in [0.1, 0.15) is 61.3 Å². The van der Waals surface area contributed by atoms with Gasteiger partial charge in [-0.3, -0.25) is 14.4 Å². The number of aliphatic hydroxyl groups excluding tert-OH is 1. The van der Waals surface area contributed by atoms with Crippen LogP contribution < -0.4 is 0 Å². The van der Waals surface area contributed by atoms with E-state index in [2.05, 4.69) is 0 Å². The Bertz CT molecular complexity index is 1110. The zero-order valence-electron chi connectivity index (χ0n) is 24.6. The van der Waals surface area contributed by atoms with Crippen LogP contribution in [-0.2, 0) is 66.5 Å². The zero-order valence-corrected chi connectivity index (χ0v) is 24.6. The first-order chi connectivity index (χ1) is 19.5. The van der Waals surface area contributed by atoms with Crippen LogP contribution in [0.2, 0.25) is 0 Å². The molecule has 6 fully saturated rings. The third-order valence-electron chi connectivity index (χ3n) is 7.83. The molecule has 236 valence electrons. The molecule has 1 unspecified atom stereocenters. The number of hydrogen-bond donors (Lipinski definition) is 1. The quantitative estimate of drug-likeness (QED) is 0.290. The van der Waals surface area contributed by atoms with Gasteiger partial charge in [-0.1, -0.05) is 0 Å². The summed E-state index contributed by atoms with van der Waals surface area (Å²) in [7, 11) is 0. The van der Waals surface area contributed by atoms with E-state index in [1.54, 1.807) is 27.7 Å². The molecule has 1 N–H and O–H groups in total. The molecule has 0 amide bonds. The van der Waals surface area contributed by atoms with Crippen molar-refractivity contribution in [1.82, 2.24) is 0 Å². The van der Waals surface area contributed by atoms with Crippen LogP contribution in [0.5, 0.6) is 0 Å². The SMILES string of the molecule is CC(=O)OC[C@@H](OC(C)=O)[C@H]1O[C@]2(C(O)C[C@H]3O[C@@H]4OC(C)(C)O[C@@H]4[C@H]4OC(C)(C)O[C@H]43)C[C@@H](OC(C)=O)[C@H]1OC2=O. The lowest BCUT2D eigenvalue weighted by molar-refractivity contribution is -0.317. The molecule has 6 aliphatic heterocycles. The first kappa shape index (κ1) is 31.0. The van der Waals surface area contributed by atoms with Gasteiger partial charge in [0.25, 0.3) is 0 Å². The molecule has 0 spiro atoms. The van der Waals surface area contributed by atoms with Crippen LogP contribution in [0, 0.1) is 0 Å². The Hall–Kier alpha value is -2.40. The van der Waals surface area contributed by atoms with Gasteiger partial charge in [-0.25, -0.2) is 4.79 Å². The number of carbonyl (C=O) groups is 4. The number of aliphatic hydroxyl groups is 1.